The van der Waals surface area contributed by atoms with Crippen LogP contribution in [-0.2, 0) is 18.9 Å². The molecule has 0 radical (unpaired) electrons. The minimum atomic E-state index is -0.512. The molecule has 0 amide bonds. The quantitative estimate of drug-likeness (QED) is 0.627. The third kappa shape index (κ3) is 2.15. The van der Waals surface area contributed by atoms with E-state index in [9.17, 15) is 10.2 Å². The van der Waals surface area contributed by atoms with E-state index in [-0.39, 0.29) is 58.7 Å². The molecule has 0 unspecified atom stereocenters. The molecule has 2 N–H and O–H groups in total. The molecule has 6 fully saturated rings. The first-order valence-corrected chi connectivity index (χ1v) is 12.6. The summed E-state index contributed by atoms with van der Waals surface area (Å²) >= 11 is 0. The summed E-state index contributed by atoms with van der Waals surface area (Å²) in [6.45, 7) is 4.84. The minimum Gasteiger partial charge on any atom is -0.392 e. The van der Waals surface area contributed by atoms with E-state index in [2.05, 4.69) is 11.8 Å². The van der Waals surface area contributed by atoms with Gasteiger partial charge in [-0.1, -0.05) is 6.92 Å². The number of rotatable bonds is 6. The van der Waals surface area contributed by atoms with E-state index in [0.29, 0.717) is 6.61 Å². The first kappa shape index (κ1) is 22.2. The van der Waals surface area contributed by atoms with E-state index in [0.717, 1.165) is 38.8 Å². The van der Waals surface area contributed by atoms with Crippen LogP contribution in [0.5, 0.6) is 0 Å². The molecule has 1 aliphatic heterocycles. The Labute approximate surface area is 191 Å². The number of nitrogens with zero attached hydrogens (tertiary/aromatic N) is 1. The zero-order valence-electron chi connectivity index (χ0n) is 20.2. The standard InChI is InChI=1S/C25H41NO6/c1-6-26-11-23(12-29-2)8-7-16(27)25-14-9-13-15(30-3)10-24(32-5,17(14)19(13)28)18(22(25)26)20(31-4)21(23)25/h13-22,27-28H,6-12H2,1-5H3/t13-,14-,15+,16+,17-,18+,19+,20+,21-,22-,23+,24-,25+/m1/s1. The van der Waals surface area contributed by atoms with Crippen molar-refractivity contribution < 1.29 is 29.2 Å². The number of fused-ring (bicyclic) bond motifs is 2. The molecule has 13 atom stereocenters. The predicted molar refractivity (Wildman–Crippen MR) is 117 cm³/mol. The van der Waals surface area contributed by atoms with Crippen molar-refractivity contribution in [2.75, 3.05) is 48.1 Å². The third-order valence-electron chi connectivity index (χ3n) is 11.5. The Morgan fingerprint density at radius 1 is 1.06 bits per heavy atom. The average molecular weight is 452 g/mol. The Morgan fingerprint density at radius 3 is 2.47 bits per heavy atom. The zero-order chi connectivity index (χ0) is 22.6. The molecule has 7 heteroatoms. The highest BCUT2D eigenvalue weighted by molar-refractivity contribution is 5.35. The Hall–Kier alpha value is -0.280. The molecule has 7 bridgehead atoms. The molecule has 5 saturated carbocycles. The van der Waals surface area contributed by atoms with Gasteiger partial charge in [-0.3, -0.25) is 4.90 Å². The number of aliphatic hydroxyl groups is 2. The van der Waals surface area contributed by atoms with Crippen LogP contribution in [0.25, 0.3) is 0 Å². The fourth-order valence-electron chi connectivity index (χ4n) is 11.0. The minimum absolute atomic E-state index is 0.0117. The monoisotopic (exact) mass is 451 g/mol. The number of hydrogen-bond donors (Lipinski definition) is 2. The molecular weight excluding hydrogens is 410 g/mol. The van der Waals surface area contributed by atoms with Gasteiger partial charge in [0.15, 0.2) is 0 Å². The van der Waals surface area contributed by atoms with Gasteiger partial charge in [0, 0.05) is 81.9 Å². The van der Waals surface area contributed by atoms with E-state index < -0.39 is 17.8 Å². The molecule has 1 saturated heterocycles. The largest absolute Gasteiger partial charge is 0.392 e. The lowest BCUT2D eigenvalue weighted by Crippen LogP contribution is -2.76. The summed E-state index contributed by atoms with van der Waals surface area (Å²) in [5, 5.41) is 23.6. The second-order valence-electron chi connectivity index (χ2n) is 11.7. The van der Waals surface area contributed by atoms with Gasteiger partial charge in [0.1, 0.15) is 0 Å². The maximum absolute atomic E-state index is 11.9. The third-order valence-corrected chi connectivity index (χ3v) is 11.5. The molecule has 32 heavy (non-hydrogen) atoms. The predicted octanol–water partition coefficient (Wildman–Crippen LogP) is 1.16. The van der Waals surface area contributed by atoms with Crippen LogP contribution < -0.4 is 0 Å². The second-order valence-corrected chi connectivity index (χ2v) is 11.7. The number of methoxy groups -OCH3 is 4. The van der Waals surface area contributed by atoms with Gasteiger partial charge in [-0.05, 0) is 31.7 Å². The first-order chi connectivity index (χ1) is 15.4. The van der Waals surface area contributed by atoms with Crippen molar-refractivity contribution in [1.82, 2.24) is 4.90 Å². The van der Waals surface area contributed by atoms with Crippen LogP contribution in [-0.4, -0.2) is 99.3 Å². The molecule has 7 nitrogen and oxygen atoms in total. The van der Waals surface area contributed by atoms with E-state index in [4.69, 9.17) is 18.9 Å². The molecule has 0 aromatic rings. The van der Waals surface area contributed by atoms with Crippen LogP contribution in [0, 0.1) is 40.4 Å². The van der Waals surface area contributed by atoms with Crippen molar-refractivity contribution in [1.29, 1.82) is 0 Å². The van der Waals surface area contributed by atoms with Gasteiger partial charge in [-0.25, -0.2) is 0 Å². The van der Waals surface area contributed by atoms with E-state index in [1.54, 1.807) is 7.11 Å². The number of hydrogen-bond acceptors (Lipinski definition) is 7. The summed E-state index contributed by atoms with van der Waals surface area (Å²) in [6, 6.07) is 0.186. The molecule has 1 spiro atoms. The SMILES string of the molecule is CCN1C[C@]2(COC)CC[C@H](O)[C@@]34[C@@H]5C[C@H]6[C@H](O)[C@@H]5[C@](OC)(C[C@@H]6OC)[C@@H]([C@H](OC)[C@H]23)[C@@H]14. The molecule has 0 aromatic heterocycles. The van der Waals surface area contributed by atoms with Crippen LogP contribution in [0.2, 0.25) is 0 Å². The van der Waals surface area contributed by atoms with Crippen molar-refractivity contribution in [3.05, 3.63) is 0 Å². The molecule has 5 aliphatic carbocycles. The maximum atomic E-state index is 11.9. The van der Waals surface area contributed by atoms with Gasteiger partial charge < -0.3 is 29.2 Å². The highest BCUT2D eigenvalue weighted by atomic mass is 16.5. The van der Waals surface area contributed by atoms with Crippen molar-refractivity contribution in [3.63, 3.8) is 0 Å². The van der Waals surface area contributed by atoms with Gasteiger partial charge in [-0.2, -0.15) is 0 Å². The molecule has 6 aliphatic rings. The fourth-order valence-corrected chi connectivity index (χ4v) is 11.0. The summed E-state index contributed by atoms with van der Waals surface area (Å²) in [5.74, 6) is 0.597. The molecule has 1 heterocycles. The van der Waals surface area contributed by atoms with E-state index >= 15 is 0 Å². The molecular formula is C25H41NO6. The summed E-state index contributed by atoms with van der Waals surface area (Å²) < 4.78 is 24.9. The molecule has 182 valence electrons. The maximum Gasteiger partial charge on any atom is 0.0827 e. The summed E-state index contributed by atoms with van der Waals surface area (Å²) in [6.07, 6.45) is 2.51. The number of ether oxygens (including phenoxy) is 4. The Kier molecular flexibility index (Phi) is 4.94. The number of piperidine rings is 1. The van der Waals surface area contributed by atoms with Crippen LogP contribution in [0.4, 0.5) is 0 Å². The lowest BCUT2D eigenvalue weighted by Gasteiger charge is -2.69. The van der Waals surface area contributed by atoms with E-state index in [1.807, 2.05) is 21.3 Å². The zero-order valence-corrected chi connectivity index (χ0v) is 20.2. The van der Waals surface area contributed by atoms with Crippen LogP contribution >= 0.6 is 0 Å². The topological polar surface area (TPSA) is 80.6 Å². The highest BCUT2D eigenvalue weighted by Gasteiger charge is 2.86. The van der Waals surface area contributed by atoms with Gasteiger partial charge >= 0.3 is 0 Å². The fraction of sp³-hybridized carbons (Fsp3) is 1.00. The van der Waals surface area contributed by atoms with Gasteiger partial charge in [0.25, 0.3) is 0 Å². The summed E-state index contributed by atoms with van der Waals surface area (Å²) in [4.78, 5) is 2.62. The van der Waals surface area contributed by atoms with Gasteiger partial charge in [0.2, 0.25) is 0 Å². The summed E-state index contributed by atoms with van der Waals surface area (Å²) in [5.41, 5.74) is -0.864. The average Bonchev–Trinajstić information content (AvgIpc) is 3.19. The summed E-state index contributed by atoms with van der Waals surface area (Å²) in [7, 11) is 7.24. The smallest absolute Gasteiger partial charge is 0.0827 e. The van der Waals surface area contributed by atoms with Gasteiger partial charge in [0.05, 0.1) is 36.6 Å². The second kappa shape index (κ2) is 7.12. The van der Waals surface area contributed by atoms with Crippen LogP contribution in [0.3, 0.4) is 0 Å². The van der Waals surface area contributed by atoms with Crippen molar-refractivity contribution >= 4 is 0 Å². The Bertz CT molecular complexity index is 767. The van der Waals surface area contributed by atoms with Crippen molar-refractivity contribution in [3.8, 4) is 0 Å². The van der Waals surface area contributed by atoms with Crippen LogP contribution in [0.1, 0.15) is 32.6 Å². The number of likely N-dealkylation sites (tertiary alicyclic amines) is 1. The number of aliphatic hydroxyl groups excluding tert-OH is 2. The normalized spacial score (nSPS) is 60.1. The van der Waals surface area contributed by atoms with Gasteiger partial charge in [-0.15, -0.1) is 0 Å². The lowest BCUT2D eigenvalue weighted by atomic mass is 9.43. The highest BCUT2D eigenvalue weighted by Crippen LogP contribution is 2.79. The molecule has 6 rings (SSSR count). The van der Waals surface area contributed by atoms with Crippen LogP contribution in [0.15, 0.2) is 0 Å². The van der Waals surface area contributed by atoms with Crippen molar-refractivity contribution in [2.24, 2.45) is 40.4 Å². The lowest BCUT2D eigenvalue weighted by molar-refractivity contribution is -0.278. The molecule has 0 aromatic carbocycles. The van der Waals surface area contributed by atoms with Crippen molar-refractivity contribution in [2.45, 2.75) is 68.7 Å². The Morgan fingerprint density at radius 2 is 1.84 bits per heavy atom. The van der Waals surface area contributed by atoms with E-state index in [1.165, 1.54) is 0 Å². The first-order valence-electron chi connectivity index (χ1n) is 12.6. The Balaban J connectivity index is 1.64.